The third-order valence-electron chi connectivity index (χ3n) is 8.38. The Kier molecular flexibility index (Phi) is 8.88. The highest BCUT2D eigenvalue weighted by Gasteiger charge is 2.40. The Bertz CT molecular complexity index is 1890. The fourth-order valence-corrected chi connectivity index (χ4v) is 5.98. The maximum absolute atomic E-state index is 14.9. The van der Waals surface area contributed by atoms with Crippen LogP contribution in [0.4, 0.5) is 28.2 Å². The number of carbonyl (C=O) groups excluding carboxylic acids is 2. The van der Waals surface area contributed by atoms with Gasteiger partial charge in [0, 0.05) is 68.0 Å². The number of alkyl halides is 3. The molecule has 0 bridgehead atoms. The molecule has 2 aliphatic rings. The smallest absolute Gasteiger partial charge is 0.435 e. The molecule has 15 heteroatoms. The number of carbonyl (C=O) groups is 2. The van der Waals surface area contributed by atoms with Crippen LogP contribution in [-0.2, 0) is 30.4 Å². The van der Waals surface area contributed by atoms with Crippen molar-refractivity contribution in [1.82, 2.24) is 29.6 Å². The maximum Gasteiger partial charge on any atom is 0.435 e. The van der Waals surface area contributed by atoms with Gasteiger partial charge in [0.2, 0.25) is 0 Å². The van der Waals surface area contributed by atoms with Gasteiger partial charge in [0.05, 0.1) is 24.1 Å². The quantitative estimate of drug-likeness (QED) is 0.231. The minimum absolute atomic E-state index is 0.0605. The molecule has 0 spiro atoms. The van der Waals surface area contributed by atoms with Crippen molar-refractivity contribution in [1.29, 1.82) is 0 Å². The zero-order chi connectivity index (χ0) is 35.2. The molecule has 0 radical (unpaired) electrons. The van der Waals surface area contributed by atoms with E-state index in [0.717, 1.165) is 0 Å². The number of nitrogens with one attached hydrogen (secondary N) is 1. The Labute approximate surface area is 280 Å². The number of aryl methyl sites for hydroxylation is 2. The molecule has 0 saturated carbocycles. The van der Waals surface area contributed by atoms with Crippen molar-refractivity contribution in [3.8, 4) is 16.9 Å². The SMILES string of the molecule is CCn1cc(-c2cc(Cn3ccnc3C)cc3c2OC[C@H](Cc2ccc(F)c(N4CC(NC(=O)OC(C)(C)C)C4)n2)C3=O)c(C(F)(F)F)n1. The van der Waals surface area contributed by atoms with Gasteiger partial charge in [-0.25, -0.2) is 19.2 Å². The van der Waals surface area contributed by atoms with Crippen molar-refractivity contribution in [2.45, 2.75) is 71.9 Å². The van der Waals surface area contributed by atoms with E-state index >= 15 is 0 Å². The first kappa shape index (κ1) is 33.9. The monoisotopic (exact) mass is 683 g/mol. The first-order valence-electron chi connectivity index (χ1n) is 16.0. The first-order valence-corrected chi connectivity index (χ1v) is 16.0. The molecular weight excluding hydrogens is 646 g/mol. The maximum atomic E-state index is 14.9. The molecule has 5 heterocycles. The van der Waals surface area contributed by atoms with E-state index in [1.807, 2.05) is 4.57 Å². The fraction of sp³-hybridized carbons (Fsp3) is 0.441. The molecule has 1 N–H and O–H groups in total. The Morgan fingerprint density at radius 2 is 1.86 bits per heavy atom. The summed E-state index contributed by atoms with van der Waals surface area (Å²) in [7, 11) is 0. The highest BCUT2D eigenvalue weighted by Crippen LogP contribution is 2.44. The van der Waals surface area contributed by atoms with E-state index in [4.69, 9.17) is 9.47 Å². The van der Waals surface area contributed by atoms with Crippen LogP contribution in [0.1, 0.15) is 60.8 Å². The van der Waals surface area contributed by atoms with Crippen molar-refractivity contribution in [3.63, 3.8) is 0 Å². The molecule has 1 saturated heterocycles. The number of Topliss-reactive ketones (excluding diaryl/α,β-unsaturated/α-hetero) is 1. The van der Waals surface area contributed by atoms with Crippen LogP contribution < -0.4 is 15.0 Å². The summed E-state index contributed by atoms with van der Waals surface area (Å²) in [6.45, 7) is 9.78. The number of hydrogen-bond acceptors (Lipinski definition) is 8. The number of ether oxygens (including phenoxy) is 2. The van der Waals surface area contributed by atoms with Gasteiger partial charge in [-0.05, 0) is 64.4 Å². The van der Waals surface area contributed by atoms with E-state index in [-0.39, 0.29) is 66.2 Å². The summed E-state index contributed by atoms with van der Waals surface area (Å²) < 4.78 is 71.8. The normalized spacial score (nSPS) is 16.6. The van der Waals surface area contributed by atoms with Gasteiger partial charge in [0.15, 0.2) is 23.1 Å². The summed E-state index contributed by atoms with van der Waals surface area (Å²) >= 11 is 0. The number of ketones is 1. The van der Waals surface area contributed by atoms with Gasteiger partial charge in [-0.15, -0.1) is 0 Å². The standard InChI is InChI=1S/C34H37F4N7O4/c1-6-45-17-26(30(42-45)34(36,37)38)24-11-20(14-43-10-9-39-19(43)2)12-25-28(46)21(18-48-29(24)25)13-22-7-8-27(35)31(40-22)44-15-23(16-44)41-32(47)49-33(3,4)5/h7-12,17,21,23H,6,13-16,18H2,1-5H3,(H,41,47)/t21-/m0/s1. The number of amides is 1. The van der Waals surface area contributed by atoms with E-state index < -0.39 is 35.3 Å². The molecule has 260 valence electrons. The van der Waals surface area contributed by atoms with Crippen LogP contribution >= 0.6 is 0 Å². The van der Waals surface area contributed by atoms with Gasteiger partial charge < -0.3 is 24.3 Å². The van der Waals surface area contributed by atoms with Crippen molar-refractivity contribution >= 4 is 17.7 Å². The van der Waals surface area contributed by atoms with E-state index in [2.05, 4.69) is 20.4 Å². The van der Waals surface area contributed by atoms with Crippen molar-refractivity contribution in [2.24, 2.45) is 5.92 Å². The van der Waals surface area contributed by atoms with Gasteiger partial charge >= 0.3 is 12.3 Å². The highest BCUT2D eigenvalue weighted by atomic mass is 19.4. The van der Waals surface area contributed by atoms with Gasteiger partial charge in [-0.1, -0.05) is 0 Å². The molecule has 0 aliphatic carbocycles. The molecule has 4 aromatic rings. The topological polar surface area (TPSA) is 116 Å². The third-order valence-corrected chi connectivity index (χ3v) is 8.38. The molecule has 1 aromatic carbocycles. The Hall–Kier alpha value is -4.95. The van der Waals surface area contributed by atoms with Gasteiger partial charge in [0.1, 0.15) is 17.2 Å². The Morgan fingerprint density at radius 1 is 1.12 bits per heavy atom. The predicted molar refractivity (Wildman–Crippen MR) is 171 cm³/mol. The summed E-state index contributed by atoms with van der Waals surface area (Å²) in [5.74, 6) is -0.742. The van der Waals surface area contributed by atoms with E-state index in [9.17, 15) is 27.2 Å². The van der Waals surface area contributed by atoms with E-state index in [0.29, 0.717) is 30.2 Å². The van der Waals surface area contributed by atoms with E-state index in [1.165, 1.54) is 23.0 Å². The average molecular weight is 684 g/mol. The van der Waals surface area contributed by atoms with Crippen molar-refractivity contribution in [3.05, 3.63) is 77.0 Å². The van der Waals surface area contributed by atoms with Gasteiger partial charge in [-0.3, -0.25) is 9.48 Å². The molecule has 3 aromatic heterocycles. The second kappa shape index (κ2) is 12.8. The molecule has 11 nitrogen and oxygen atoms in total. The number of imidazole rings is 1. The van der Waals surface area contributed by atoms with Crippen LogP contribution in [-0.4, -0.2) is 67.5 Å². The van der Waals surface area contributed by atoms with Crippen LogP contribution in [0.2, 0.25) is 0 Å². The van der Waals surface area contributed by atoms with Crippen LogP contribution in [0.15, 0.2) is 42.9 Å². The number of anilines is 1. The lowest BCUT2D eigenvalue weighted by molar-refractivity contribution is -0.141. The number of hydrogen-bond donors (Lipinski definition) is 1. The summed E-state index contributed by atoms with van der Waals surface area (Å²) in [5, 5.41) is 6.53. The Morgan fingerprint density at radius 3 is 2.51 bits per heavy atom. The number of halogens is 4. The van der Waals surface area contributed by atoms with Crippen LogP contribution in [0, 0.1) is 18.7 Å². The fourth-order valence-electron chi connectivity index (χ4n) is 5.98. The molecular formula is C34H37F4N7O4. The zero-order valence-corrected chi connectivity index (χ0v) is 27.8. The lowest BCUT2D eigenvalue weighted by atomic mass is 9.87. The van der Waals surface area contributed by atoms with Crippen molar-refractivity contribution < 1.29 is 36.6 Å². The number of nitrogens with zero attached hydrogens (tertiary/aromatic N) is 6. The Balaban J connectivity index is 1.26. The highest BCUT2D eigenvalue weighted by molar-refractivity contribution is 6.04. The van der Waals surface area contributed by atoms with Crippen LogP contribution in [0.5, 0.6) is 5.75 Å². The minimum Gasteiger partial charge on any atom is -0.491 e. The van der Waals surface area contributed by atoms with Gasteiger partial charge in [-0.2, -0.15) is 18.3 Å². The van der Waals surface area contributed by atoms with Crippen LogP contribution in [0.25, 0.3) is 11.1 Å². The number of alkyl carbamates (subject to hydrolysis) is 1. The predicted octanol–water partition coefficient (Wildman–Crippen LogP) is 5.82. The summed E-state index contributed by atoms with van der Waals surface area (Å²) in [4.78, 5) is 36.6. The van der Waals surface area contributed by atoms with E-state index in [1.54, 1.807) is 64.0 Å². The number of fused-ring (bicyclic) bond motifs is 1. The average Bonchev–Trinajstić information content (AvgIpc) is 3.62. The summed E-state index contributed by atoms with van der Waals surface area (Å²) in [6, 6.07) is 5.77. The van der Waals surface area contributed by atoms with Gasteiger partial charge in [0.25, 0.3) is 0 Å². The second-order valence-corrected chi connectivity index (χ2v) is 13.3. The lowest BCUT2D eigenvalue weighted by Crippen LogP contribution is -2.60. The third kappa shape index (κ3) is 7.25. The number of aromatic nitrogens is 5. The molecule has 1 atom stereocenters. The molecule has 49 heavy (non-hydrogen) atoms. The summed E-state index contributed by atoms with van der Waals surface area (Å²) in [5.41, 5.74) is -0.594. The molecule has 2 aliphatic heterocycles. The lowest BCUT2D eigenvalue weighted by Gasteiger charge is -2.40. The largest absolute Gasteiger partial charge is 0.491 e. The number of pyridine rings is 1. The molecule has 1 amide bonds. The van der Waals surface area contributed by atoms with Crippen molar-refractivity contribution in [2.75, 3.05) is 24.6 Å². The molecule has 1 fully saturated rings. The van der Waals surface area contributed by atoms with Crippen LogP contribution in [0.3, 0.4) is 0 Å². The number of benzene rings is 1. The number of rotatable bonds is 8. The summed E-state index contributed by atoms with van der Waals surface area (Å²) in [6.07, 6.45) is -0.505. The molecule has 0 unspecified atom stereocenters. The molecule has 6 rings (SSSR count). The minimum atomic E-state index is -4.74. The second-order valence-electron chi connectivity index (χ2n) is 13.3. The first-order chi connectivity index (χ1) is 23.1. The zero-order valence-electron chi connectivity index (χ0n) is 27.8.